The van der Waals surface area contributed by atoms with Crippen molar-refractivity contribution >= 4 is 22.5 Å². The van der Waals surface area contributed by atoms with Crippen LogP contribution in [0.3, 0.4) is 0 Å². The van der Waals surface area contributed by atoms with Crippen LogP contribution in [0, 0.1) is 0 Å². The van der Waals surface area contributed by atoms with Gasteiger partial charge >= 0.3 is 0 Å². The van der Waals surface area contributed by atoms with Crippen molar-refractivity contribution in [3.05, 3.63) is 75.5 Å². The van der Waals surface area contributed by atoms with Gasteiger partial charge in [-0.15, -0.1) is 0 Å². The van der Waals surface area contributed by atoms with Gasteiger partial charge in [-0.1, -0.05) is 35.9 Å². The Bertz CT molecular complexity index is 979. The lowest BCUT2D eigenvalue weighted by molar-refractivity contribution is 0.296. The lowest BCUT2D eigenvalue weighted by Crippen LogP contribution is -2.30. The molecule has 0 atom stereocenters. The van der Waals surface area contributed by atoms with Gasteiger partial charge in [0.1, 0.15) is 12.4 Å². The maximum Gasteiger partial charge on any atom is 0.255 e. The Hall–Kier alpha value is -2.30. The Balaban J connectivity index is 1.64. The van der Waals surface area contributed by atoms with Crippen LogP contribution >= 0.6 is 11.6 Å². The van der Waals surface area contributed by atoms with Gasteiger partial charge in [-0.25, -0.2) is 0 Å². The van der Waals surface area contributed by atoms with Gasteiger partial charge in [0.05, 0.1) is 12.1 Å². The number of likely N-dealkylation sites (tertiary alicyclic amines) is 1. The van der Waals surface area contributed by atoms with E-state index in [1.165, 1.54) is 12.8 Å². The first-order valence-electron chi connectivity index (χ1n) is 9.43. The number of aromatic nitrogens is 1. The zero-order chi connectivity index (χ0) is 18.6. The molecule has 2 aromatic carbocycles. The number of halogens is 1. The fourth-order valence-corrected chi connectivity index (χ4v) is 3.86. The second kappa shape index (κ2) is 8.15. The van der Waals surface area contributed by atoms with Crippen LogP contribution in [0.15, 0.2) is 59.4 Å². The first kappa shape index (κ1) is 18.1. The highest BCUT2D eigenvalue weighted by molar-refractivity contribution is 6.31. The number of ether oxygens (including phenoxy) is 1. The first-order valence-corrected chi connectivity index (χ1v) is 9.81. The van der Waals surface area contributed by atoms with Gasteiger partial charge in [-0.2, -0.15) is 0 Å². The van der Waals surface area contributed by atoms with Crippen molar-refractivity contribution in [3.63, 3.8) is 0 Å². The van der Waals surface area contributed by atoms with Gasteiger partial charge in [0, 0.05) is 17.1 Å². The van der Waals surface area contributed by atoms with Crippen molar-refractivity contribution < 1.29 is 4.74 Å². The molecular formula is C22H23ClN2O2. The summed E-state index contributed by atoms with van der Waals surface area (Å²) in [7, 11) is 0. The lowest BCUT2D eigenvalue weighted by atomic mass is 10.1. The van der Waals surface area contributed by atoms with Gasteiger partial charge in [-0.3, -0.25) is 9.69 Å². The first-order chi connectivity index (χ1) is 13.2. The van der Waals surface area contributed by atoms with E-state index in [0.29, 0.717) is 24.7 Å². The molecule has 0 aliphatic carbocycles. The minimum atomic E-state index is 0.0494. The van der Waals surface area contributed by atoms with Gasteiger partial charge < -0.3 is 9.30 Å². The standard InChI is InChI=1S/C22H23ClN2O2/c23-19-9-8-17-14-18(16-24-10-4-5-11-24)22(26)25(21(17)15-19)12-13-27-20-6-2-1-3-7-20/h1-3,6-9,14-15H,4-5,10-13,16H2. The molecule has 0 amide bonds. The maximum atomic E-state index is 13.2. The van der Waals surface area contributed by atoms with Crippen molar-refractivity contribution in [1.82, 2.24) is 9.47 Å². The number of benzene rings is 2. The molecule has 27 heavy (non-hydrogen) atoms. The van der Waals surface area contributed by atoms with Gasteiger partial charge in [0.2, 0.25) is 0 Å². The van der Waals surface area contributed by atoms with Crippen LogP contribution in [0.1, 0.15) is 18.4 Å². The summed E-state index contributed by atoms with van der Waals surface area (Å²) in [6.45, 7) is 3.75. The van der Waals surface area contributed by atoms with Crippen molar-refractivity contribution in [2.24, 2.45) is 0 Å². The van der Waals surface area contributed by atoms with Crippen LogP contribution in [0.4, 0.5) is 0 Å². The highest BCUT2D eigenvalue weighted by Gasteiger charge is 2.16. The number of fused-ring (bicyclic) bond motifs is 1. The Labute approximate surface area is 163 Å². The smallest absolute Gasteiger partial charge is 0.255 e. The summed E-state index contributed by atoms with van der Waals surface area (Å²) < 4.78 is 7.62. The molecule has 5 heteroatoms. The summed E-state index contributed by atoms with van der Waals surface area (Å²) >= 11 is 6.20. The number of hydrogen-bond donors (Lipinski definition) is 0. The minimum absolute atomic E-state index is 0.0494. The third kappa shape index (κ3) is 4.18. The third-order valence-corrected chi connectivity index (χ3v) is 5.29. The van der Waals surface area contributed by atoms with E-state index in [0.717, 1.165) is 35.3 Å². The Morgan fingerprint density at radius 2 is 1.78 bits per heavy atom. The van der Waals surface area contributed by atoms with Crippen LogP contribution in [0.2, 0.25) is 5.02 Å². The Morgan fingerprint density at radius 1 is 1.00 bits per heavy atom. The Morgan fingerprint density at radius 3 is 2.56 bits per heavy atom. The number of pyridine rings is 1. The largest absolute Gasteiger partial charge is 0.492 e. The van der Waals surface area contributed by atoms with Crippen LogP contribution in [-0.4, -0.2) is 29.2 Å². The maximum absolute atomic E-state index is 13.2. The number of para-hydroxylation sites is 1. The van der Waals surface area contributed by atoms with E-state index < -0.39 is 0 Å². The van der Waals surface area contributed by atoms with E-state index in [1.807, 2.05) is 54.6 Å². The van der Waals surface area contributed by atoms with E-state index in [-0.39, 0.29) is 5.56 Å². The summed E-state index contributed by atoms with van der Waals surface area (Å²) in [4.78, 5) is 15.5. The predicted molar refractivity (Wildman–Crippen MR) is 110 cm³/mol. The molecule has 0 saturated carbocycles. The zero-order valence-corrected chi connectivity index (χ0v) is 16.0. The fourth-order valence-electron chi connectivity index (χ4n) is 3.69. The average Bonchev–Trinajstić information content (AvgIpc) is 3.19. The van der Waals surface area contributed by atoms with Gasteiger partial charge in [0.25, 0.3) is 5.56 Å². The van der Waals surface area contributed by atoms with E-state index in [1.54, 1.807) is 4.57 Å². The summed E-state index contributed by atoms with van der Waals surface area (Å²) in [6.07, 6.45) is 2.42. The van der Waals surface area contributed by atoms with Crippen molar-refractivity contribution in [2.45, 2.75) is 25.9 Å². The molecule has 3 aromatic rings. The minimum Gasteiger partial charge on any atom is -0.492 e. The quantitative estimate of drug-likeness (QED) is 0.636. The summed E-state index contributed by atoms with van der Waals surface area (Å²) in [5.41, 5.74) is 1.74. The molecule has 1 aliphatic heterocycles. The third-order valence-electron chi connectivity index (χ3n) is 5.05. The highest BCUT2D eigenvalue weighted by Crippen LogP contribution is 2.21. The molecule has 0 radical (unpaired) electrons. The normalized spacial score (nSPS) is 14.7. The molecule has 1 aromatic heterocycles. The molecular weight excluding hydrogens is 360 g/mol. The van der Waals surface area contributed by atoms with Crippen molar-refractivity contribution in [1.29, 1.82) is 0 Å². The van der Waals surface area contributed by atoms with Gasteiger partial charge in [-0.05, 0) is 61.6 Å². The second-order valence-corrected chi connectivity index (χ2v) is 7.41. The topological polar surface area (TPSA) is 34.5 Å². The number of rotatable bonds is 6. The summed E-state index contributed by atoms with van der Waals surface area (Å²) in [6, 6.07) is 17.4. The Kier molecular flexibility index (Phi) is 5.46. The lowest BCUT2D eigenvalue weighted by Gasteiger charge is -2.18. The molecule has 2 heterocycles. The van der Waals surface area contributed by atoms with E-state index >= 15 is 0 Å². The molecule has 1 fully saturated rings. The number of hydrogen-bond acceptors (Lipinski definition) is 3. The van der Waals surface area contributed by atoms with Gasteiger partial charge in [0.15, 0.2) is 0 Å². The molecule has 1 aliphatic rings. The SMILES string of the molecule is O=c1c(CN2CCCC2)cc2ccc(Cl)cc2n1CCOc1ccccc1. The molecule has 0 bridgehead atoms. The van der Waals surface area contributed by atoms with E-state index in [2.05, 4.69) is 4.90 Å². The van der Waals surface area contributed by atoms with Crippen LogP contribution in [0.5, 0.6) is 5.75 Å². The molecule has 140 valence electrons. The molecule has 0 spiro atoms. The van der Waals surface area contributed by atoms with E-state index in [9.17, 15) is 4.79 Å². The average molecular weight is 383 g/mol. The predicted octanol–water partition coefficient (Wildman–Crippen LogP) is 4.33. The van der Waals surface area contributed by atoms with Crippen molar-refractivity contribution in [2.75, 3.05) is 19.7 Å². The molecule has 0 N–H and O–H groups in total. The van der Waals surface area contributed by atoms with Crippen LogP contribution in [-0.2, 0) is 13.1 Å². The fraction of sp³-hybridized carbons (Fsp3) is 0.318. The molecule has 4 rings (SSSR count). The highest BCUT2D eigenvalue weighted by atomic mass is 35.5. The van der Waals surface area contributed by atoms with Crippen LogP contribution in [0.25, 0.3) is 10.9 Å². The van der Waals surface area contributed by atoms with E-state index in [4.69, 9.17) is 16.3 Å². The zero-order valence-electron chi connectivity index (χ0n) is 15.2. The van der Waals surface area contributed by atoms with Crippen molar-refractivity contribution in [3.8, 4) is 5.75 Å². The summed E-state index contributed by atoms with van der Waals surface area (Å²) in [5.74, 6) is 0.807. The second-order valence-electron chi connectivity index (χ2n) is 6.97. The number of nitrogens with zero attached hydrogens (tertiary/aromatic N) is 2. The summed E-state index contributed by atoms with van der Waals surface area (Å²) in [5, 5.41) is 1.67. The monoisotopic (exact) mass is 382 g/mol. The van der Waals surface area contributed by atoms with Crippen LogP contribution < -0.4 is 10.3 Å². The molecule has 1 saturated heterocycles. The molecule has 4 nitrogen and oxygen atoms in total. The molecule has 0 unspecified atom stereocenters.